The summed E-state index contributed by atoms with van der Waals surface area (Å²) in [6, 6.07) is 8.22. The van der Waals surface area contributed by atoms with Gasteiger partial charge in [-0.05, 0) is 43.4 Å². The molecule has 0 atom stereocenters. The molecule has 0 saturated heterocycles. The van der Waals surface area contributed by atoms with Crippen LogP contribution in [-0.2, 0) is 6.42 Å². The van der Waals surface area contributed by atoms with Crippen molar-refractivity contribution < 1.29 is 4.74 Å². The van der Waals surface area contributed by atoms with E-state index in [4.69, 9.17) is 4.74 Å². The molecule has 1 heteroatoms. The third-order valence-electron chi connectivity index (χ3n) is 2.97. The van der Waals surface area contributed by atoms with Gasteiger partial charge in [-0.25, -0.2) is 0 Å². The van der Waals surface area contributed by atoms with Gasteiger partial charge in [-0.1, -0.05) is 49.8 Å². The van der Waals surface area contributed by atoms with E-state index < -0.39 is 0 Å². The molecule has 1 aromatic rings. The number of unbranched alkanes of at least 4 members (excludes halogenated alkanes) is 1. The molecule has 0 spiro atoms. The number of rotatable bonds is 8. The number of hydrogen-bond donors (Lipinski definition) is 0. The molecular formula is C17H24O. The Hall–Kier alpha value is -1.50. The highest BCUT2D eigenvalue weighted by Gasteiger charge is 1.93. The van der Waals surface area contributed by atoms with Crippen LogP contribution in [0.4, 0.5) is 0 Å². The molecule has 0 saturated carbocycles. The fourth-order valence-corrected chi connectivity index (χ4v) is 1.76. The average molecular weight is 244 g/mol. The molecule has 0 aromatic heterocycles. The molecule has 0 amide bonds. The lowest BCUT2D eigenvalue weighted by atomic mass is 10.1. The first-order chi connectivity index (χ1) is 8.76. The van der Waals surface area contributed by atoms with Crippen LogP contribution in [0.15, 0.2) is 48.6 Å². The molecule has 0 N–H and O–H groups in total. The molecule has 0 aliphatic heterocycles. The van der Waals surface area contributed by atoms with Crippen molar-refractivity contribution in [1.82, 2.24) is 0 Å². The average Bonchev–Trinajstić information content (AvgIpc) is 2.42. The molecule has 0 radical (unpaired) electrons. The van der Waals surface area contributed by atoms with Gasteiger partial charge in [-0.15, -0.1) is 0 Å². The molecule has 98 valence electrons. The van der Waals surface area contributed by atoms with Gasteiger partial charge in [0.05, 0.1) is 7.11 Å². The summed E-state index contributed by atoms with van der Waals surface area (Å²) in [5.74, 6) is 0.913. The van der Waals surface area contributed by atoms with Crippen LogP contribution in [0.3, 0.4) is 0 Å². The van der Waals surface area contributed by atoms with Crippen molar-refractivity contribution in [1.29, 1.82) is 0 Å². The van der Waals surface area contributed by atoms with Crippen LogP contribution in [0.2, 0.25) is 0 Å². The number of methoxy groups -OCH3 is 1. The highest BCUT2D eigenvalue weighted by atomic mass is 16.5. The SMILES string of the molecule is C=C(C/C=C\Cc1ccc(OC)cc1)CCCC. The van der Waals surface area contributed by atoms with Crippen molar-refractivity contribution in [2.75, 3.05) is 7.11 Å². The van der Waals surface area contributed by atoms with Crippen LogP contribution in [-0.4, -0.2) is 7.11 Å². The van der Waals surface area contributed by atoms with E-state index >= 15 is 0 Å². The van der Waals surface area contributed by atoms with E-state index in [0.29, 0.717) is 0 Å². The summed E-state index contributed by atoms with van der Waals surface area (Å²) in [4.78, 5) is 0. The van der Waals surface area contributed by atoms with Gasteiger partial charge in [0, 0.05) is 0 Å². The van der Waals surface area contributed by atoms with E-state index in [9.17, 15) is 0 Å². The Bertz CT molecular complexity index is 373. The molecule has 1 rings (SSSR count). The quantitative estimate of drug-likeness (QED) is 0.589. The lowest BCUT2D eigenvalue weighted by Crippen LogP contribution is -1.85. The summed E-state index contributed by atoms with van der Waals surface area (Å²) in [5, 5.41) is 0. The smallest absolute Gasteiger partial charge is 0.118 e. The molecule has 0 aliphatic carbocycles. The lowest BCUT2D eigenvalue weighted by Gasteiger charge is -2.01. The second kappa shape index (κ2) is 8.57. The molecular weight excluding hydrogens is 220 g/mol. The van der Waals surface area contributed by atoms with Crippen molar-refractivity contribution in [2.24, 2.45) is 0 Å². The van der Waals surface area contributed by atoms with Gasteiger partial charge in [-0.2, -0.15) is 0 Å². The third kappa shape index (κ3) is 5.72. The molecule has 18 heavy (non-hydrogen) atoms. The largest absolute Gasteiger partial charge is 0.497 e. The molecule has 1 aromatic carbocycles. The Balaban J connectivity index is 2.28. The summed E-state index contributed by atoms with van der Waals surface area (Å²) in [7, 11) is 1.69. The molecule has 0 aliphatic rings. The summed E-state index contributed by atoms with van der Waals surface area (Å²) < 4.78 is 5.13. The maximum atomic E-state index is 5.13. The number of ether oxygens (including phenoxy) is 1. The standard InChI is InChI=1S/C17H24O/c1-4-5-8-15(2)9-6-7-10-16-11-13-17(18-3)14-12-16/h6-7,11-14H,2,4-5,8-10H2,1,3H3/b7-6-. The van der Waals surface area contributed by atoms with Crippen LogP contribution in [0.1, 0.15) is 38.2 Å². The van der Waals surface area contributed by atoms with Gasteiger partial charge in [0.25, 0.3) is 0 Å². The lowest BCUT2D eigenvalue weighted by molar-refractivity contribution is 0.414. The van der Waals surface area contributed by atoms with Gasteiger partial charge < -0.3 is 4.74 Å². The maximum Gasteiger partial charge on any atom is 0.118 e. The van der Waals surface area contributed by atoms with E-state index in [1.54, 1.807) is 7.11 Å². The molecule has 0 unspecified atom stereocenters. The van der Waals surface area contributed by atoms with Crippen molar-refractivity contribution in [2.45, 2.75) is 39.0 Å². The molecule has 0 heterocycles. The van der Waals surface area contributed by atoms with E-state index in [1.165, 1.54) is 24.0 Å². The first-order valence-corrected chi connectivity index (χ1v) is 6.70. The summed E-state index contributed by atoms with van der Waals surface area (Å²) in [6.07, 6.45) is 10.1. The van der Waals surface area contributed by atoms with Crippen LogP contribution < -0.4 is 4.74 Å². The number of benzene rings is 1. The van der Waals surface area contributed by atoms with Crippen LogP contribution in [0.25, 0.3) is 0 Å². The Morgan fingerprint density at radius 1 is 1.22 bits per heavy atom. The van der Waals surface area contributed by atoms with E-state index in [-0.39, 0.29) is 0 Å². The van der Waals surface area contributed by atoms with Gasteiger partial charge in [0.2, 0.25) is 0 Å². The number of hydrogen-bond acceptors (Lipinski definition) is 1. The van der Waals surface area contributed by atoms with Crippen molar-refractivity contribution in [3.63, 3.8) is 0 Å². The maximum absolute atomic E-state index is 5.13. The van der Waals surface area contributed by atoms with Crippen molar-refractivity contribution >= 4 is 0 Å². The Morgan fingerprint density at radius 2 is 1.94 bits per heavy atom. The van der Waals surface area contributed by atoms with Gasteiger partial charge >= 0.3 is 0 Å². The first-order valence-electron chi connectivity index (χ1n) is 6.70. The second-order valence-electron chi connectivity index (χ2n) is 4.58. The van der Waals surface area contributed by atoms with E-state index in [0.717, 1.165) is 25.0 Å². The fraction of sp³-hybridized carbons (Fsp3) is 0.412. The zero-order chi connectivity index (χ0) is 13.2. The summed E-state index contributed by atoms with van der Waals surface area (Å²) >= 11 is 0. The normalized spacial score (nSPS) is 10.8. The van der Waals surface area contributed by atoms with E-state index in [2.05, 4.69) is 37.8 Å². The predicted octanol–water partition coefficient (Wildman–Crippen LogP) is 4.93. The molecule has 0 fully saturated rings. The molecule has 0 bridgehead atoms. The highest BCUT2D eigenvalue weighted by molar-refractivity contribution is 5.28. The minimum absolute atomic E-state index is 0.913. The Labute approximate surface area is 111 Å². The minimum Gasteiger partial charge on any atom is -0.497 e. The first kappa shape index (κ1) is 14.6. The van der Waals surface area contributed by atoms with E-state index in [1.807, 2.05) is 12.1 Å². The van der Waals surface area contributed by atoms with Crippen LogP contribution >= 0.6 is 0 Å². The van der Waals surface area contributed by atoms with Gasteiger partial charge in [-0.3, -0.25) is 0 Å². The van der Waals surface area contributed by atoms with Crippen molar-refractivity contribution in [3.8, 4) is 5.75 Å². The summed E-state index contributed by atoms with van der Waals surface area (Å²) in [6.45, 7) is 6.31. The zero-order valence-corrected chi connectivity index (χ0v) is 11.6. The fourth-order valence-electron chi connectivity index (χ4n) is 1.76. The van der Waals surface area contributed by atoms with Gasteiger partial charge in [0.1, 0.15) is 5.75 Å². The predicted molar refractivity (Wildman–Crippen MR) is 79.1 cm³/mol. The Morgan fingerprint density at radius 3 is 2.56 bits per heavy atom. The highest BCUT2D eigenvalue weighted by Crippen LogP contribution is 2.13. The topological polar surface area (TPSA) is 9.23 Å². The monoisotopic (exact) mass is 244 g/mol. The third-order valence-corrected chi connectivity index (χ3v) is 2.97. The zero-order valence-electron chi connectivity index (χ0n) is 11.6. The summed E-state index contributed by atoms with van der Waals surface area (Å²) in [5.41, 5.74) is 2.65. The van der Waals surface area contributed by atoms with Crippen LogP contribution in [0, 0.1) is 0 Å². The molecule has 1 nitrogen and oxygen atoms in total. The second-order valence-corrected chi connectivity index (χ2v) is 4.58. The number of allylic oxidation sites excluding steroid dienone is 3. The van der Waals surface area contributed by atoms with Crippen molar-refractivity contribution in [3.05, 3.63) is 54.1 Å². The minimum atomic E-state index is 0.913. The van der Waals surface area contributed by atoms with Crippen LogP contribution in [0.5, 0.6) is 5.75 Å². The Kier molecular flexibility index (Phi) is 6.93. The van der Waals surface area contributed by atoms with Gasteiger partial charge in [0.15, 0.2) is 0 Å².